The van der Waals surface area contributed by atoms with Gasteiger partial charge in [0, 0.05) is 25.5 Å². The van der Waals surface area contributed by atoms with Crippen LogP contribution in [0.2, 0.25) is 0 Å². The number of aromatic nitrogens is 2. The van der Waals surface area contributed by atoms with E-state index in [-0.39, 0.29) is 5.91 Å². The molecule has 0 spiro atoms. The van der Waals surface area contributed by atoms with Gasteiger partial charge in [0.25, 0.3) is 5.91 Å². The van der Waals surface area contributed by atoms with Crippen molar-refractivity contribution in [1.82, 2.24) is 15.1 Å². The first-order valence-electron chi connectivity index (χ1n) is 7.24. The van der Waals surface area contributed by atoms with Gasteiger partial charge in [0.15, 0.2) is 6.10 Å². The third kappa shape index (κ3) is 4.87. The summed E-state index contributed by atoms with van der Waals surface area (Å²) in [7, 11) is 0. The fourth-order valence-electron chi connectivity index (χ4n) is 1.97. The predicted molar refractivity (Wildman–Crippen MR) is 88.8 cm³/mol. The summed E-state index contributed by atoms with van der Waals surface area (Å²) in [6, 6.07) is 7.66. The molecule has 0 radical (unpaired) electrons. The van der Waals surface area contributed by atoms with Crippen molar-refractivity contribution in [2.24, 2.45) is 0 Å². The maximum absolute atomic E-state index is 12.0. The van der Waals surface area contributed by atoms with Crippen LogP contribution < -0.4 is 10.1 Å². The van der Waals surface area contributed by atoms with Gasteiger partial charge in [-0.1, -0.05) is 6.07 Å². The molecule has 1 unspecified atom stereocenters. The highest BCUT2D eigenvalue weighted by Crippen LogP contribution is 2.26. The normalized spacial score (nSPS) is 12.0. The van der Waals surface area contributed by atoms with Gasteiger partial charge in [0.1, 0.15) is 5.75 Å². The van der Waals surface area contributed by atoms with Crippen LogP contribution in [0, 0.1) is 6.92 Å². The summed E-state index contributed by atoms with van der Waals surface area (Å²) in [5, 5.41) is 6.99. The van der Waals surface area contributed by atoms with E-state index in [1.165, 1.54) is 0 Å². The zero-order valence-electron chi connectivity index (χ0n) is 12.8. The molecule has 6 heteroatoms. The molecule has 0 saturated heterocycles. The first-order valence-corrected chi connectivity index (χ1v) is 8.03. The van der Waals surface area contributed by atoms with E-state index in [0.717, 1.165) is 23.0 Å². The van der Waals surface area contributed by atoms with Crippen molar-refractivity contribution < 1.29 is 9.53 Å². The van der Waals surface area contributed by atoms with Crippen molar-refractivity contribution in [3.05, 3.63) is 46.7 Å². The lowest BCUT2D eigenvalue weighted by molar-refractivity contribution is -0.127. The molecule has 0 aliphatic heterocycles. The van der Waals surface area contributed by atoms with Crippen LogP contribution in [0.1, 0.15) is 18.9 Å². The first-order chi connectivity index (χ1) is 10.6. The van der Waals surface area contributed by atoms with E-state index in [1.54, 1.807) is 13.1 Å². The third-order valence-electron chi connectivity index (χ3n) is 3.18. The van der Waals surface area contributed by atoms with Crippen LogP contribution in [0.15, 0.2) is 41.1 Å². The highest BCUT2D eigenvalue weighted by Gasteiger charge is 2.15. The lowest BCUT2D eigenvalue weighted by atomic mass is 10.2. The number of ether oxygens (including phenoxy) is 1. The monoisotopic (exact) mass is 365 g/mol. The molecule has 1 heterocycles. The maximum atomic E-state index is 12.0. The van der Waals surface area contributed by atoms with Crippen LogP contribution in [-0.4, -0.2) is 28.3 Å². The summed E-state index contributed by atoms with van der Waals surface area (Å²) in [4.78, 5) is 12.0. The number of benzene rings is 1. The van der Waals surface area contributed by atoms with Crippen molar-refractivity contribution in [3.63, 3.8) is 0 Å². The lowest BCUT2D eigenvalue weighted by Crippen LogP contribution is -2.37. The number of hydrogen-bond acceptors (Lipinski definition) is 3. The Morgan fingerprint density at radius 3 is 3.00 bits per heavy atom. The third-order valence-corrected chi connectivity index (χ3v) is 3.80. The van der Waals surface area contributed by atoms with Crippen molar-refractivity contribution in [1.29, 1.82) is 0 Å². The zero-order valence-corrected chi connectivity index (χ0v) is 14.3. The minimum absolute atomic E-state index is 0.118. The van der Waals surface area contributed by atoms with Crippen molar-refractivity contribution in [2.45, 2.75) is 32.9 Å². The molecule has 1 aromatic heterocycles. The van der Waals surface area contributed by atoms with E-state index in [1.807, 2.05) is 42.1 Å². The molecule has 22 heavy (non-hydrogen) atoms. The number of aryl methyl sites for hydroxylation is 2. The number of halogens is 1. The van der Waals surface area contributed by atoms with Crippen LogP contribution in [0.4, 0.5) is 0 Å². The Balaban J connectivity index is 1.74. The second-order valence-corrected chi connectivity index (χ2v) is 5.96. The predicted octanol–water partition coefficient (Wildman–Crippen LogP) is 2.93. The lowest BCUT2D eigenvalue weighted by Gasteiger charge is -2.16. The number of amides is 1. The molecule has 1 atom stereocenters. The molecule has 2 aromatic rings. The van der Waals surface area contributed by atoms with E-state index in [0.29, 0.717) is 12.3 Å². The standard InChI is InChI=1S/C16H20BrN3O2/c1-12-5-6-15(14(17)11-12)22-13(2)16(21)18-7-3-9-20-10-4-8-19-20/h4-6,8,10-11,13H,3,7,9H2,1-2H3,(H,18,21). The molecule has 0 bridgehead atoms. The Labute approximate surface area is 138 Å². The Kier molecular flexibility index (Phi) is 6.00. The Morgan fingerprint density at radius 1 is 1.50 bits per heavy atom. The molecular formula is C16H20BrN3O2. The highest BCUT2D eigenvalue weighted by molar-refractivity contribution is 9.10. The minimum Gasteiger partial charge on any atom is -0.480 e. The van der Waals surface area contributed by atoms with Gasteiger partial charge in [-0.2, -0.15) is 5.10 Å². The van der Waals surface area contributed by atoms with Gasteiger partial charge in [-0.3, -0.25) is 9.48 Å². The summed E-state index contributed by atoms with van der Waals surface area (Å²) in [6.45, 7) is 5.13. The van der Waals surface area contributed by atoms with Crippen LogP contribution in [0.5, 0.6) is 5.75 Å². The van der Waals surface area contributed by atoms with Crippen LogP contribution in [0.3, 0.4) is 0 Å². The topological polar surface area (TPSA) is 56.1 Å². The highest BCUT2D eigenvalue weighted by atomic mass is 79.9. The molecule has 0 aliphatic carbocycles. The van der Waals surface area contributed by atoms with Crippen molar-refractivity contribution in [2.75, 3.05) is 6.54 Å². The molecule has 5 nitrogen and oxygen atoms in total. The van der Waals surface area contributed by atoms with Gasteiger partial charge in [-0.15, -0.1) is 0 Å². The number of nitrogens with one attached hydrogen (secondary N) is 1. The number of hydrogen-bond donors (Lipinski definition) is 1. The Morgan fingerprint density at radius 2 is 2.32 bits per heavy atom. The summed E-state index contributed by atoms with van der Waals surface area (Å²) >= 11 is 3.44. The van der Waals surface area contributed by atoms with Crippen LogP contribution in [0.25, 0.3) is 0 Å². The van der Waals surface area contributed by atoms with E-state index in [9.17, 15) is 4.79 Å². The second kappa shape index (κ2) is 7.98. The molecule has 118 valence electrons. The molecule has 0 aliphatic rings. The molecule has 0 saturated carbocycles. The van der Waals surface area contributed by atoms with Crippen LogP contribution in [-0.2, 0) is 11.3 Å². The molecule has 1 N–H and O–H groups in total. The zero-order chi connectivity index (χ0) is 15.9. The van der Waals surface area contributed by atoms with Gasteiger partial charge < -0.3 is 10.1 Å². The van der Waals surface area contributed by atoms with Gasteiger partial charge in [0.05, 0.1) is 4.47 Å². The van der Waals surface area contributed by atoms with E-state index in [4.69, 9.17) is 4.74 Å². The van der Waals surface area contributed by atoms with E-state index >= 15 is 0 Å². The molecule has 1 aromatic carbocycles. The van der Waals surface area contributed by atoms with E-state index in [2.05, 4.69) is 26.3 Å². The summed E-state index contributed by atoms with van der Waals surface area (Å²) < 4.78 is 8.38. The van der Waals surface area contributed by atoms with Crippen LogP contribution >= 0.6 is 15.9 Å². The van der Waals surface area contributed by atoms with E-state index < -0.39 is 6.10 Å². The quantitative estimate of drug-likeness (QED) is 0.767. The average Bonchev–Trinajstić information content (AvgIpc) is 2.99. The summed E-state index contributed by atoms with van der Waals surface area (Å²) in [6.07, 6.45) is 3.94. The number of nitrogens with zero attached hydrogens (tertiary/aromatic N) is 2. The second-order valence-electron chi connectivity index (χ2n) is 5.11. The summed E-state index contributed by atoms with van der Waals surface area (Å²) in [5.74, 6) is 0.553. The van der Waals surface area contributed by atoms with Gasteiger partial charge in [-0.25, -0.2) is 0 Å². The summed E-state index contributed by atoms with van der Waals surface area (Å²) in [5.41, 5.74) is 1.13. The molecule has 2 rings (SSSR count). The minimum atomic E-state index is -0.538. The largest absolute Gasteiger partial charge is 0.480 e. The Bertz CT molecular complexity index is 614. The fourth-order valence-corrected chi connectivity index (χ4v) is 2.56. The number of carbonyl (C=O) groups is 1. The average molecular weight is 366 g/mol. The smallest absolute Gasteiger partial charge is 0.260 e. The molecule has 0 fully saturated rings. The first kappa shape index (κ1) is 16.5. The van der Waals surface area contributed by atoms with Gasteiger partial charge in [-0.05, 0) is 60.0 Å². The number of carbonyl (C=O) groups excluding carboxylic acids is 1. The van der Waals surface area contributed by atoms with Gasteiger partial charge >= 0.3 is 0 Å². The fraction of sp³-hybridized carbons (Fsp3) is 0.375. The molecule has 1 amide bonds. The molecular weight excluding hydrogens is 346 g/mol. The number of rotatable bonds is 7. The Hall–Kier alpha value is -1.82. The van der Waals surface area contributed by atoms with Crippen molar-refractivity contribution in [3.8, 4) is 5.75 Å². The maximum Gasteiger partial charge on any atom is 0.260 e. The SMILES string of the molecule is Cc1ccc(OC(C)C(=O)NCCCn2cccn2)c(Br)c1. The van der Waals surface area contributed by atoms with Gasteiger partial charge in [0.2, 0.25) is 0 Å². The van der Waals surface area contributed by atoms with Crippen molar-refractivity contribution >= 4 is 21.8 Å².